The number of amidine groups is 2. The van der Waals surface area contributed by atoms with Crippen molar-refractivity contribution in [2.45, 2.75) is 0 Å². The fraction of sp³-hybridized carbons (Fsp3) is 0. The number of nitrogens with zero attached hydrogens (tertiary/aromatic N) is 5. The van der Waals surface area contributed by atoms with Crippen LogP contribution in [0.3, 0.4) is 0 Å². The van der Waals surface area contributed by atoms with Crippen LogP contribution in [0.5, 0.6) is 11.5 Å². The molecule has 4 aromatic rings. The number of hydrogen-bond acceptors (Lipinski definition) is 7. The van der Waals surface area contributed by atoms with E-state index < -0.39 is 0 Å². The van der Waals surface area contributed by atoms with Crippen molar-refractivity contribution in [2.24, 2.45) is 20.2 Å². The first kappa shape index (κ1) is 23.1. The van der Waals surface area contributed by atoms with Crippen LogP contribution < -0.4 is 4.90 Å². The lowest BCUT2D eigenvalue weighted by molar-refractivity contribution is 0.450. The number of hydrogen-bond donors (Lipinski definition) is 2. The zero-order valence-electron chi connectivity index (χ0n) is 19.0. The van der Waals surface area contributed by atoms with E-state index in [-0.39, 0.29) is 11.5 Å². The maximum absolute atomic E-state index is 10.1. The highest BCUT2D eigenvalue weighted by atomic mass is 32.2. The molecule has 0 aliphatic carbocycles. The topological polar surface area (TPSA) is 93.1 Å². The van der Waals surface area contributed by atoms with E-state index in [1.165, 1.54) is 30.1 Å². The average molecular weight is 492 g/mol. The van der Waals surface area contributed by atoms with Crippen molar-refractivity contribution >= 4 is 51.1 Å². The van der Waals surface area contributed by atoms with Crippen LogP contribution >= 0.6 is 11.8 Å². The second-order valence-corrected chi connectivity index (χ2v) is 8.62. The first-order chi connectivity index (χ1) is 17.7. The molecule has 8 heteroatoms. The molecule has 0 unspecified atom stereocenters. The van der Waals surface area contributed by atoms with Crippen molar-refractivity contribution in [3.05, 3.63) is 115 Å². The van der Waals surface area contributed by atoms with E-state index in [4.69, 9.17) is 9.98 Å². The quantitative estimate of drug-likeness (QED) is 0.246. The van der Waals surface area contributed by atoms with Gasteiger partial charge in [0.2, 0.25) is 5.17 Å². The molecule has 0 aromatic heterocycles. The van der Waals surface area contributed by atoms with Crippen LogP contribution in [-0.4, -0.2) is 32.5 Å². The summed E-state index contributed by atoms with van der Waals surface area (Å²) in [6.07, 6.45) is 1.44. The normalized spacial score (nSPS) is 17.0. The van der Waals surface area contributed by atoms with Crippen LogP contribution in [0.25, 0.3) is 0 Å². The Balaban J connectivity index is 1.61. The van der Waals surface area contributed by atoms with Crippen molar-refractivity contribution < 1.29 is 10.2 Å². The largest absolute Gasteiger partial charge is 0.508 e. The molecule has 1 aliphatic rings. The molecule has 1 fully saturated rings. The fourth-order valence-corrected chi connectivity index (χ4v) is 4.36. The van der Waals surface area contributed by atoms with Crippen LogP contribution in [0.4, 0.5) is 17.1 Å². The number of phenols is 2. The first-order valence-corrected chi connectivity index (χ1v) is 11.9. The number of para-hydroxylation sites is 3. The van der Waals surface area contributed by atoms with E-state index >= 15 is 0 Å². The molecule has 1 heterocycles. The molecule has 0 amide bonds. The Bertz CT molecular complexity index is 1470. The fourth-order valence-electron chi connectivity index (χ4n) is 3.44. The third-order valence-corrected chi connectivity index (χ3v) is 6.04. The van der Waals surface area contributed by atoms with Gasteiger partial charge >= 0.3 is 0 Å². The molecule has 4 aromatic carbocycles. The summed E-state index contributed by atoms with van der Waals surface area (Å²) in [6, 6.07) is 33.4. The number of anilines is 1. The molecule has 7 nitrogen and oxygen atoms in total. The van der Waals surface area contributed by atoms with Crippen molar-refractivity contribution in [1.82, 2.24) is 0 Å². The van der Waals surface area contributed by atoms with Gasteiger partial charge in [0.15, 0.2) is 5.84 Å². The SMILES string of the molecule is Oc1ccc(/C=N/N=C2SC(=Nc3ccccc3)C(=Nc3ccccc3)N2c2ccccc2)c(O)c1. The monoisotopic (exact) mass is 491 g/mol. The van der Waals surface area contributed by atoms with Crippen LogP contribution in [0.2, 0.25) is 0 Å². The van der Waals surface area contributed by atoms with Gasteiger partial charge in [-0.1, -0.05) is 54.6 Å². The maximum atomic E-state index is 10.1. The van der Waals surface area contributed by atoms with Crippen molar-refractivity contribution in [3.8, 4) is 11.5 Å². The molecule has 1 aliphatic heterocycles. The zero-order valence-corrected chi connectivity index (χ0v) is 19.8. The van der Waals surface area contributed by atoms with Crippen molar-refractivity contribution in [1.29, 1.82) is 0 Å². The minimum absolute atomic E-state index is 0.0268. The number of thioether (sulfide) groups is 1. The molecule has 2 N–H and O–H groups in total. The molecule has 0 spiro atoms. The molecule has 1 saturated heterocycles. The standard InChI is InChI=1S/C28H21N5O2S/c34-24-17-16-20(25(35)18-24)19-29-32-28-33(23-14-8-3-9-15-23)26(30-21-10-4-1-5-11-21)27(36-28)31-22-12-6-2-7-13-22/h1-19,34-35H/b29-19+,30-26?,31-27?,32-28?. The van der Waals surface area contributed by atoms with Crippen molar-refractivity contribution in [2.75, 3.05) is 4.90 Å². The third kappa shape index (κ3) is 5.34. The van der Waals surface area contributed by atoms with Gasteiger partial charge in [-0.05, 0) is 60.3 Å². The summed E-state index contributed by atoms with van der Waals surface area (Å²) in [7, 11) is 0. The molecule has 0 saturated carbocycles. The predicted molar refractivity (Wildman–Crippen MR) is 148 cm³/mol. The zero-order chi connectivity index (χ0) is 24.7. The summed E-state index contributed by atoms with van der Waals surface area (Å²) in [6.45, 7) is 0. The van der Waals surface area contributed by atoms with Crippen molar-refractivity contribution in [3.63, 3.8) is 0 Å². The van der Waals surface area contributed by atoms with Gasteiger partial charge in [-0.25, -0.2) is 9.98 Å². The highest BCUT2D eigenvalue weighted by molar-refractivity contribution is 8.29. The molecule has 5 rings (SSSR count). The summed E-state index contributed by atoms with van der Waals surface area (Å²) in [5, 5.41) is 29.5. The van der Waals surface area contributed by atoms with Crippen LogP contribution in [0.15, 0.2) is 129 Å². The first-order valence-electron chi connectivity index (χ1n) is 11.1. The lowest BCUT2D eigenvalue weighted by Crippen LogP contribution is -2.30. The van der Waals surface area contributed by atoms with E-state index in [0.717, 1.165) is 17.1 Å². The second-order valence-electron chi connectivity index (χ2n) is 7.67. The Morgan fingerprint density at radius 2 is 1.31 bits per heavy atom. The van der Waals surface area contributed by atoms with E-state index in [9.17, 15) is 10.2 Å². The average Bonchev–Trinajstić information content (AvgIpc) is 3.23. The van der Waals surface area contributed by atoms with Gasteiger partial charge < -0.3 is 10.2 Å². The van der Waals surface area contributed by atoms with Gasteiger partial charge in [-0.3, -0.25) is 4.90 Å². The molecular weight excluding hydrogens is 470 g/mol. The summed E-state index contributed by atoms with van der Waals surface area (Å²) in [4.78, 5) is 11.7. The van der Waals surface area contributed by atoms with Gasteiger partial charge in [0.25, 0.3) is 0 Å². The minimum atomic E-state index is -0.0874. The summed E-state index contributed by atoms with van der Waals surface area (Å²) in [5.41, 5.74) is 2.88. The molecule has 0 atom stereocenters. The van der Waals surface area contributed by atoms with Crippen LogP contribution in [0.1, 0.15) is 5.56 Å². The Morgan fingerprint density at radius 3 is 1.94 bits per heavy atom. The molecular formula is C28H21N5O2S. The minimum Gasteiger partial charge on any atom is -0.508 e. The Hall–Kier alpha value is -4.69. The van der Waals surface area contributed by atoms with Crippen LogP contribution in [-0.2, 0) is 0 Å². The second kappa shape index (κ2) is 10.7. The molecule has 36 heavy (non-hydrogen) atoms. The maximum Gasteiger partial charge on any atom is 0.202 e. The van der Waals surface area contributed by atoms with Gasteiger partial charge in [-0.2, -0.15) is 5.10 Å². The molecule has 176 valence electrons. The molecule has 0 bridgehead atoms. The van der Waals surface area contributed by atoms with E-state index in [0.29, 0.717) is 21.6 Å². The van der Waals surface area contributed by atoms with Crippen LogP contribution in [0, 0.1) is 0 Å². The third-order valence-electron chi connectivity index (χ3n) is 5.13. The summed E-state index contributed by atoms with van der Waals surface area (Å²) in [5.74, 6) is 0.513. The number of aromatic hydroxyl groups is 2. The Kier molecular flexibility index (Phi) is 6.86. The Labute approximate surface area is 212 Å². The van der Waals surface area contributed by atoms with Gasteiger partial charge in [0.1, 0.15) is 16.5 Å². The smallest absolute Gasteiger partial charge is 0.202 e. The lowest BCUT2D eigenvalue weighted by Gasteiger charge is -2.17. The molecule has 0 radical (unpaired) electrons. The highest BCUT2D eigenvalue weighted by Crippen LogP contribution is 2.33. The van der Waals surface area contributed by atoms with Gasteiger partial charge in [-0.15, -0.1) is 5.10 Å². The summed E-state index contributed by atoms with van der Waals surface area (Å²) < 4.78 is 0. The van der Waals surface area contributed by atoms with Gasteiger partial charge in [0.05, 0.1) is 17.6 Å². The van der Waals surface area contributed by atoms with E-state index in [1.54, 1.807) is 6.07 Å². The lowest BCUT2D eigenvalue weighted by atomic mass is 10.2. The number of rotatable bonds is 5. The number of benzene rings is 4. The Morgan fingerprint density at radius 1 is 0.694 bits per heavy atom. The van der Waals surface area contributed by atoms with E-state index in [1.807, 2.05) is 95.9 Å². The number of aliphatic imine (C=N–C) groups is 2. The predicted octanol–water partition coefficient (Wildman–Crippen LogP) is 6.50. The highest BCUT2D eigenvalue weighted by Gasteiger charge is 2.34. The van der Waals surface area contributed by atoms with E-state index in [2.05, 4.69) is 10.2 Å². The summed E-state index contributed by atoms with van der Waals surface area (Å²) >= 11 is 1.36. The van der Waals surface area contributed by atoms with Gasteiger partial charge in [0, 0.05) is 17.3 Å². The number of phenolic OH excluding ortho intramolecular Hbond substituents is 2.